The lowest BCUT2D eigenvalue weighted by Crippen LogP contribution is -2.54. The number of carboxylic acid groups (broad SMARTS) is 1. The van der Waals surface area contributed by atoms with Crippen LogP contribution in [0.25, 0.3) is 0 Å². The molecule has 0 bridgehead atoms. The van der Waals surface area contributed by atoms with Crippen LogP contribution in [0.4, 0.5) is 0 Å². The summed E-state index contributed by atoms with van der Waals surface area (Å²) in [4.78, 5) is 11.6. The first-order valence-electron chi connectivity index (χ1n) is 8.13. The summed E-state index contributed by atoms with van der Waals surface area (Å²) in [5, 5.41) is 13.6. The van der Waals surface area contributed by atoms with E-state index in [9.17, 15) is 9.90 Å². The number of hydrogen-bond acceptors (Lipinski definition) is 3. The van der Waals surface area contributed by atoms with Crippen LogP contribution >= 0.6 is 11.8 Å². The lowest BCUT2D eigenvalue weighted by atomic mass is 9.90. The van der Waals surface area contributed by atoms with Crippen molar-refractivity contribution in [3.63, 3.8) is 0 Å². The van der Waals surface area contributed by atoms with E-state index in [0.29, 0.717) is 6.42 Å². The number of carboxylic acids is 1. The van der Waals surface area contributed by atoms with E-state index < -0.39 is 11.5 Å². The van der Waals surface area contributed by atoms with Gasteiger partial charge in [0.1, 0.15) is 5.54 Å². The average molecular weight is 301 g/mol. The predicted octanol–water partition coefficient (Wildman–Crippen LogP) is 4.06. The summed E-state index contributed by atoms with van der Waals surface area (Å²) in [5.41, 5.74) is -0.735. The Morgan fingerprint density at radius 1 is 1.35 bits per heavy atom. The van der Waals surface area contributed by atoms with Crippen LogP contribution in [0.3, 0.4) is 0 Å². The van der Waals surface area contributed by atoms with Crippen LogP contribution in [0.2, 0.25) is 0 Å². The molecule has 1 rings (SSSR count). The molecule has 0 amide bonds. The summed E-state index contributed by atoms with van der Waals surface area (Å²) in [5.74, 6) is 0.399. The minimum atomic E-state index is -0.735. The lowest BCUT2D eigenvalue weighted by Gasteiger charge is -2.32. The average Bonchev–Trinajstić information content (AvgIpc) is 2.42. The Balaban J connectivity index is 2.35. The molecule has 1 aliphatic rings. The SMILES string of the molecule is CCC(CCCSC1CCCCC1)(NC(C)C)C(=O)O. The molecule has 0 aromatic heterocycles. The van der Waals surface area contributed by atoms with Gasteiger partial charge in [-0.2, -0.15) is 11.8 Å². The number of aliphatic carboxylic acids is 1. The van der Waals surface area contributed by atoms with Gasteiger partial charge in [-0.05, 0) is 51.7 Å². The second kappa shape index (κ2) is 8.93. The molecule has 0 aromatic carbocycles. The Hall–Kier alpha value is -0.220. The fraction of sp³-hybridized carbons (Fsp3) is 0.938. The molecule has 0 saturated heterocycles. The highest BCUT2D eigenvalue weighted by Crippen LogP contribution is 2.29. The van der Waals surface area contributed by atoms with E-state index in [1.165, 1.54) is 32.1 Å². The van der Waals surface area contributed by atoms with E-state index in [1.807, 2.05) is 20.8 Å². The van der Waals surface area contributed by atoms with Crippen LogP contribution in [0.5, 0.6) is 0 Å². The second-order valence-electron chi connectivity index (χ2n) is 6.27. The molecular formula is C16H31NO2S. The highest BCUT2D eigenvalue weighted by atomic mass is 32.2. The van der Waals surface area contributed by atoms with Gasteiger partial charge in [0, 0.05) is 11.3 Å². The first kappa shape index (κ1) is 17.8. The fourth-order valence-corrected chi connectivity index (χ4v) is 4.39. The third-order valence-corrected chi connectivity index (χ3v) is 5.70. The first-order valence-corrected chi connectivity index (χ1v) is 9.17. The van der Waals surface area contributed by atoms with Gasteiger partial charge in [-0.25, -0.2) is 0 Å². The molecule has 1 unspecified atom stereocenters. The zero-order valence-corrected chi connectivity index (χ0v) is 14.1. The number of hydrogen-bond donors (Lipinski definition) is 2. The Labute approximate surface area is 128 Å². The van der Waals surface area contributed by atoms with Crippen molar-refractivity contribution >= 4 is 17.7 Å². The Morgan fingerprint density at radius 2 is 2.00 bits per heavy atom. The molecule has 20 heavy (non-hydrogen) atoms. The molecule has 1 fully saturated rings. The fourth-order valence-electron chi connectivity index (χ4n) is 3.08. The molecule has 1 saturated carbocycles. The summed E-state index contributed by atoms with van der Waals surface area (Å²) in [6.45, 7) is 6.01. The summed E-state index contributed by atoms with van der Waals surface area (Å²) < 4.78 is 0. The van der Waals surface area contributed by atoms with Crippen molar-refractivity contribution in [1.29, 1.82) is 0 Å². The van der Waals surface area contributed by atoms with Crippen molar-refractivity contribution in [3.8, 4) is 0 Å². The van der Waals surface area contributed by atoms with Crippen LogP contribution in [0.15, 0.2) is 0 Å². The van der Waals surface area contributed by atoms with Crippen LogP contribution in [-0.4, -0.2) is 33.7 Å². The summed E-state index contributed by atoms with van der Waals surface area (Å²) >= 11 is 2.06. The van der Waals surface area contributed by atoms with Gasteiger partial charge in [0.25, 0.3) is 0 Å². The van der Waals surface area contributed by atoms with Gasteiger partial charge in [0.2, 0.25) is 0 Å². The van der Waals surface area contributed by atoms with Crippen molar-refractivity contribution in [1.82, 2.24) is 5.32 Å². The summed E-state index contributed by atoms with van der Waals surface area (Å²) in [6.07, 6.45) is 9.22. The topological polar surface area (TPSA) is 49.3 Å². The predicted molar refractivity (Wildman–Crippen MR) is 87.5 cm³/mol. The molecule has 3 nitrogen and oxygen atoms in total. The highest BCUT2D eigenvalue weighted by molar-refractivity contribution is 7.99. The van der Waals surface area contributed by atoms with Gasteiger partial charge < -0.3 is 5.11 Å². The normalized spacial score (nSPS) is 20.0. The molecule has 0 spiro atoms. The number of thioether (sulfide) groups is 1. The van der Waals surface area contributed by atoms with E-state index >= 15 is 0 Å². The van der Waals surface area contributed by atoms with Gasteiger partial charge in [0.05, 0.1) is 0 Å². The second-order valence-corrected chi connectivity index (χ2v) is 7.68. The molecule has 1 aliphatic carbocycles. The Morgan fingerprint density at radius 3 is 2.50 bits per heavy atom. The highest BCUT2D eigenvalue weighted by Gasteiger charge is 2.36. The Kier molecular flexibility index (Phi) is 7.96. The molecule has 0 aliphatic heterocycles. The number of rotatable bonds is 9. The summed E-state index contributed by atoms with van der Waals surface area (Å²) in [6, 6.07) is 0.206. The monoisotopic (exact) mass is 301 g/mol. The zero-order valence-electron chi connectivity index (χ0n) is 13.3. The maximum Gasteiger partial charge on any atom is 0.323 e. The van der Waals surface area contributed by atoms with Gasteiger partial charge in [-0.15, -0.1) is 0 Å². The molecular weight excluding hydrogens is 270 g/mol. The van der Waals surface area contributed by atoms with Crippen LogP contribution in [-0.2, 0) is 4.79 Å². The van der Waals surface area contributed by atoms with E-state index in [2.05, 4.69) is 17.1 Å². The van der Waals surface area contributed by atoms with Gasteiger partial charge >= 0.3 is 5.97 Å². The third kappa shape index (κ3) is 5.65. The summed E-state index contributed by atoms with van der Waals surface area (Å²) in [7, 11) is 0. The minimum Gasteiger partial charge on any atom is -0.480 e. The minimum absolute atomic E-state index is 0.206. The molecule has 4 heteroatoms. The van der Waals surface area contributed by atoms with Gasteiger partial charge in [0.15, 0.2) is 0 Å². The van der Waals surface area contributed by atoms with Gasteiger partial charge in [-0.3, -0.25) is 10.1 Å². The molecule has 0 heterocycles. The maximum absolute atomic E-state index is 11.6. The lowest BCUT2D eigenvalue weighted by molar-refractivity contribution is -0.145. The zero-order chi connectivity index (χ0) is 15.0. The van der Waals surface area contributed by atoms with E-state index in [-0.39, 0.29) is 6.04 Å². The van der Waals surface area contributed by atoms with Crippen molar-refractivity contribution in [2.75, 3.05) is 5.75 Å². The molecule has 1 atom stereocenters. The van der Waals surface area contributed by atoms with E-state index in [4.69, 9.17) is 0 Å². The van der Waals surface area contributed by atoms with Gasteiger partial charge in [-0.1, -0.05) is 26.2 Å². The van der Waals surface area contributed by atoms with Crippen LogP contribution in [0, 0.1) is 0 Å². The largest absolute Gasteiger partial charge is 0.480 e. The number of nitrogens with one attached hydrogen (secondary N) is 1. The molecule has 0 radical (unpaired) electrons. The Bertz CT molecular complexity index is 290. The third-order valence-electron chi connectivity index (χ3n) is 4.23. The first-order chi connectivity index (χ1) is 9.50. The van der Waals surface area contributed by atoms with Crippen molar-refractivity contribution in [3.05, 3.63) is 0 Å². The van der Waals surface area contributed by atoms with Crippen molar-refractivity contribution in [2.24, 2.45) is 0 Å². The maximum atomic E-state index is 11.6. The quantitative estimate of drug-likeness (QED) is 0.630. The van der Waals surface area contributed by atoms with Crippen molar-refractivity contribution < 1.29 is 9.90 Å². The standard InChI is InChI=1S/C16H31NO2S/c1-4-16(15(18)19,17-13(2)3)11-8-12-20-14-9-6-5-7-10-14/h13-14,17H,4-12H2,1-3H3,(H,18,19). The van der Waals surface area contributed by atoms with Crippen LogP contribution in [0.1, 0.15) is 72.1 Å². The smallest absolute Gasteiger partial charge is 0.323 e. The van der Waals surface area contributed by atoms with E-state index in [1.54, 1.807) is 0 Å². The molecule has 118 valence electrons. The van der Waals surface area contributed by atoms with E-state index in [0.717, 1.165) is 23.8 Å². The van der Waals surface area contributed by atoms with Crippen LogP contribution < -0.4 is 5.32 Å². The number of carbonyl (C=O) groups is 1. The molecule has 0 aromatic rings. The molecule has 2 N–H and O–H groups in total. The van der Waals surface area contributed by atoms with Crippen molar-refractivity contribution in [2.45, 2.75) is 89.0 Å².